The molecule has 1 aliphatic heterocycles. The van der Waals surface area contributed by atoms with Gasteiger partial charge in [0.2, 0.25) is 0 Å². The van der Waals surface area contributed by atoms with E-state index in [-0.39, 0.29) is 5.91 Å². The maximum absolute atomic E-state index is 12.7. The maximum atomic E-state index is 12.7. The second-order valence-electron chi connectivity index (χ2n) is 6.83. The molecule has 144 valence electrons. The van der Waals surface area contributed by atoms with Gasteiger partial charge in [0.05, 0.1) is 18.2 Å². The van der Waals surface area contributed by atoms with Crippen LogP contribution in [-0.2, 0) is 12.6 Å². The summed E-state index contributed by atoms with van der Waals surface area (Å²) >= 11 is 0. The van der Waals surface area contributed by atoms with Gasteiger partial charge in [-0.2, -0.15) is 13.2 Å². The third kappa shape index (κ3) is 4.62. The molecule has 1 aliphatic rings. The molecule has 1 saturated heterocycles. The number of carbonyl (C=O) groups excluding carboxylic acids is 1. The fraction of sp³-hybridized carbons (Fsp3) is 0.381. The molecule has 1 amide bonds. The Bertz CT molecular complexity index is 779. The predicted octanol–water partition coefficient (Wildman–Crippen LogP) is 4.81. The van der Waals surface area contributed by atoms with Crippen LogP contribution in [0, 0.1) is 5.92 Å². The van der Waals surface area contributed by atoms with Crippen molar-refractivity contribution < 1.29 is 22.7 Å². The summed E-state index contributed by atoms with van der Waals surface area (Å²) < 4.78 is 43.2. The number of rotatable bonds is 4. The standard InChI is InChI=1S/C21H22F3NO2/c1-27-19-5-3-2-4-18(19)20(26)25-12-10-16(11-13-25)14-15-6-8-17(9-7-15)21(22,23)24/h2-9,16H,10-14H2,1H3. The Balaban J connectivity index is 1.56. The lowest BCUT2D eigenvalue weighted by atomic mass is 9.89. The Labute approximate surface area is 156 Å². The SMILES string of the molecule is COc1ccccc1C(=O)N1CCC(Cc2ccc(C(F)(F)F)cc2)CC1. The minimum Gasteiger partial charge on any atom is -0.496 e. The summed E-state index contributed by atoms with van der Waals surface area (Å²) in [7, 11) is 1.54. The number of para-hydroxylation sites is 1. The number of piperidine rings is 1. The zero-order valence-electron chi connectivity index (χ0n) is 15.1. The van der Waals surface area contributed by atoms with Gasteiger partial charge < -0.3 is 9.64 Å². The summed E-state index contributed by atoms with van der Waals surface area (Å²) in [5.41, 5.74) is 0.835. The van der Waals surface area contributed by atoms with Crippen LogP contribution in [-0.4, -0.2) is 31.0 Å². The molecule has 0 atom stereocenters. The summed E-state index contributed by atoms with van der Waals surface area (Å²) in [5.74, 6) is 0.887. The van der Waals surface area contributed by atoms with E-state index >= 15 is 0 Å². The smallest absolute Gasteiger partial charge is 0.416 e. The fourth-order valence-electron chi connectivity index (χ4n) is 3.49. The molecule has 0 bridgehead atoms. The lowest BCUT2D eigenvalue weighted by Crippen LogP contribution is -2.39. The van der Waals surface area contributed by atoms with E-state index in [0.717, 1.165) is 37.0 Å². The molecule has 0 radical (unpaired) electrons. The van der Waals surface area contributed by atoms with Crippen molar-refractivity contribution in [3.63, 3.8) is 0 Å². The van der Waals surface area contributed by atoms with Crippen molar-refractivity contribution in [1.82, 2.24) is 4.90 Å². The number of carbonyl (C=O) groups is 1. The molecule has 2 aromatic carbocycles. The number of methoxy groups -OCH3 is 1. The highest BCUT2D eigenvalue weighted by Gasteiger charge is 2.30. The monoisotopic (exact) mass is 377 g/mol. The van der Waals surface area contributed by atoms with Crippen LogP contribution in [0.5, 0.6) is 5.75 Å². The molecule has 1 fully saturated rings. The second-order valence-corrected chi connectivity index (χ2v) is 6.83. The molecule has 1 heterocycles. The van der Waals surface area contributed by atoms with E-state index in [9.17, 15) is 18.0 Å². The highest BCUT2D eigenvalue weighted by Crippen LogP contribution is 2.30. The zero-order chi connectivity index (χ0) is 19.4. The average Bonchev–Trinajstić information content (AvgIpc) is 2.68. The lowest BCUT2D eigenvalue weighted by Gasteiger charge is -2.32. The summed E-state index contributed by atoms with van der Waals surface area (Å²) in [6.45, 7) is 1.28. The van der Waals surface area contributed by atoms with Gasteiger partial charge in [0.15, 0.2) is 0 Å². The number of likely N-dealkylation sites (tertiary alicyclic amines) is 1. The number of ether oxygens (including phenoxy) is 1. The highest BCUT2D eigenvalue weighted by atomic mass is 19.4. The van der Waals surface area contributed by atoms with E-state index in [1.807, 2.05) is 17.0 Å². The predicted molar refractivity (Wildman–Crippen MR) is 96.8 cm³/mol. The van der Waals surface area contributed by atoms with E-state index in [1.54, 1.807) is 31.4 Å². The highest BCUT2D eigenvalue weighted by molar-refractivity contribution is 5.97. The van der Waals surface area contributed by atoms with Gasteiger partial charge in [0, 0.05) is 13.1 Å². The quantitative estimate of drug-likeness (QED) is 0.765. The van der Waals surface area contributed by atoms with Crippen LogP contribution in [0.2, 0.25) is 0 Å². The molecule has 0 aromatic heterocycles. The number of amides is 1. The molecular formula is C21H22F3NO2. The van der Waals surface area contributed by atoms with Crippen LogP contribution in [0.25, 0.3) is 0 Å². The molecule has 0 unspecified atom stereocenters. The molecular weight excluding hydrogens is 355 g/mol. The van der Waals surface area contributed by atoms with E-state index in [1.165, 1.54) is 0 Å². The van der Waals surface area contributed by atoms with Crippen LogP contribution >= 0.6 is 0 Å². The largest absolute Gasteiger partial charge is 0.496 e. The van der Waals surface area contributed by atoms with Gasteiger partial charge in [0.1, 0.15) is 5.75 Å². The van der Waals surface area contributed by atoms with Crippen molar-refractivity contribution in [3.05, 3.63) is 65.2 Å². The topological polar surface area (TPSA) is 29.5 Å². The van der Waals surface area contributed by atoms with E-state index in [2.05, 4.69) is 0 Å². The van der Waals surface area contributed by atoms with Gasteiger partial charge in [-0.15, -0.1) is 0 Å². The van der Waals surface area contributed by atoms with Crippen LogP contribution in [0.1, 0.15) is 34.3 Å². The fourth-order valence-corrected chi connectivity index (χ4v) is 3.49. The molecule has 6 heteroatoms. The first-order valence-electron chi connectivity index (χ1n) is 8.97. The summed E-state index contributed by atoms with van der Waals surface area (Å²) in [6.07, 6.45) is -1.90. The summed E-state index contributed by atoms with van der Waals surface area (Å²) in [4.78, 5) is 14.5. The molecule has 0 spiro atoms. The van der Waals surface area contributed by atoms with Gasteiger partial charge in [-0.25, -0.2) is 0 Å². The Morgan fingerprint density at radius 2 is 1.70 bits per heavy atom. The minimum atomic E-state index is -4.30. The van der Waals surface area contributed by atoms with Crippen molar-refractivity contribution in [2.45, 2.75) is 25.4 Å². The van der Waals surface area contributed by atoms with Crippen LogP contribution in [0.3, 0.4) is 0 Å². The third-order valence-corrected chi connectivity index (χ3v) is 5.04. The van der Waals surface area contributed by atoms with Gasteiger partial charge in [-0.05, 0) is 55.0 Å². The third-order valence-electron chi connectivity index (χ3n) is 5.04. The molecule has 0 aliphatic carbocycles. The zero-order valence-corrected chi connectivity index (χ0v) is 15.1. The average molecular weight is 377 g/mol. The van der Waals surface area contributed by atoms with Gasteiger partial charge in [0.25, 0.3) is 5.91 Å². The molecule has 0 N–H and O–H groups in total. The lowest BCUT2D eigenvalue weighted by molar-refractivity contribution is -0.137. The number of nitrogens with zero attached hydrogens (tertiary/aromatic N) is 1. The second kappa shape index (κ2) is 8.03. The number of halogens is 3. The normalized spacial score (nSPS) is 15.6. The Morgan fingerprint density at radius 1 is 1.07 bits per heavy atom. The van der Waals surface area contributed by atoms with E-state index in [4.69, 9.17) is 4.74 Å². The Morgan fingerprint density at radius 3 is 2.30 bits per heavy atom. The van der Waals surface area contributed by atoms with Gasteiger partial charge in [-0.3, -0.25) is 4.79 Å². The number of benzene rings is 2. The summed E-state index contributed by atoms with van der Waals surface area (Å²) in [6, 6.07) is 12.5. The van der Waals surface area contributed by atoms with Crippen molar-refractivity contribution in [2.75, 3.05) is 20.2 Å². The molecule has 2 aromatic rings. The molecule has 3 rings (SSSR count). The Kier molecular flexibility index (Phi) is 5.73. The summed E-state index contributed by atoms with van der Waals surface area (Å²) in [5, 5.41) is 0. The first kappa shape index (κ1) is 19.3. The minimum absolute atomic E-state index is 0.0413. The first-order valence-corrected chi connectivity index (χ1v) is 8.97. The number of alkyl halides is 3. The van der Waals surface area contributed by atoms with Crippen LogP contribution in [0.15, 0.2) is 48.5 Å². The molecule has 3 nitrogen and oxygen atoms in total. The molecule has 0 saturated carbocycles. The van der Waals surface area contributed by atoms with Gasteiger partial charge in [-0.1, -0.05) is 24.3 Å². The number of hydrogen-bond donors (Lipinski definition) is 0. The van der Waals surface area contributed by atoms with Crippen molar-refractivity contribution >= 4 is 5.91 Å². The van der Waals surface area contributed by atoms with E-state index < -0.39 is 11.7 Å². The molecule has 27 heavy (non-hydrogen) atoms. The van der Waals surface area contributed by atoms with Crippen LogP contribution < -0.4 is 4.74 Å². The van der Waals surface area contributed by atoms with Crippen molar-refractivity contribution in [2.24, 2.45) is 5.92 Å². The number of hydrogen-bond acceptors (Lipinski definition) is 2. The van der Waals surface area contributed by atoms with Crippen LogP contribution in [0.4, 0.5) is 13.2 Å². The Hall–Kier alpha value is -2.50. The van der Waals surface area contributed by atoms with Crippen molar-refractivity contribution in [1.29, 1.82) is 0 Å². The maximum Gasteiger partial charge on any atom is 0.416 e. The van der Waals surface area contributed by atoms with E-state index in [0.29, 0.717) is 30.3 Å². The van der Waals surface area contributed by atoms with Gasteiger partial charge >= 0.3 is 6.18 Å². The first-order chi connectivity index (χ1) is 12.9. The van der Waals surface area contributed by atoms with Crippen molar-refractivity contribution in [3.8, 4) is 5.75 Å².